The number of benzene rings is 2. The number of anilines is 1. The molecule has 0 bridgehead atoms. The molecule has 3 aromatic rings. The van der Waals surface area contributed by atoms with Crippen LogP contribution in [-0.2, 0) is 22.1 Å². The van der Waals surface area contributed by atoms with Crippen molar-refractivity contribution in [3.63, 3.8) is 0 Å². The van der Waals surface area contributed by atoms with Gasteiger partial charge in [0.25, 0.3) is 0 Å². The molecule has 1 aromatic heterocycles. The SMILES string of the molecule is C[S@](=O)c1ccc(NC(=O)Cn2ccc3ccccc32)cc1. The first-order valence-electron chi connectivity index (χ1n) is 6.91. The summed E-state index contributed by atoms with van der Waals surface area (Å²) in [5, 5.41) is 3.97. The number of aromatic nitrogens is 1. The number of hydrogen-bond donors (Lipinski definition) is 1. The number of para-hydroxylation sites is 1. The standard InChI is InChI=1S/C17H16N2O2S/c1-22(21)15-8-6-14(7-9-15)18-17(20)12-19-11-10-13-4-2-3-5-16(13)19/h2-11H,12H2,1H3,(H,18,20)/t22-/m0/s1. The maximum atomic E-state index is 12.2. The number of carbonyl (C=O) groups is 1. The quantitative estimate of drug-likeness (QED) is 0.805. The average Bonchev–Trinajstić information content (AvgIpc) is 2.91. The van der Waals surface area contributed by atoms with Crippen LogP contribution in [0, 0.1) is 0 Å². The molecule has 0 unspecified atom stereocenters. The van der Waals surface area contributed by atoms with E-state index in [4.69, 9.17) is 0 Å². The van der Waals surface area contributed by atoms with Gasteiger partial charge in [0.2, 0.25) is 5.91 Å². The fraction of sp³-hybridized carbons (Fsp3) is 0.118. The number of amides is 1. The summed E-state index contributed by atoms with van der Waals surface area (Å²) >= 11 is 0. The molecule has 2 aromatic carbocycles. The molecule has 0 aliphatic heterocycles. The van der Waals surface area contributed by atoms with E-state index < -0.39 is 10.8 Å². The van der Waals surface area contributed by atoms with Crippen LogP contribution in [0.2, 0.25) is 0 Å². The minimum atomic E-state index is -1.01. The lowest BCUT2D eigenvalue weighted by Crippen LogP contribution is -2.18. The van der Waals surface area contributed by atoms with E-state index in [-0.39, 0.29) is 12.5 Å². The first kappa shape index (κ1) is 14.5. The van der Waals surface area contributed by atoms with Crippen LogP contribution in [0.1, 0.15) is 0 Å². The van der Waals surface area contributed by atoms with Crippen molar-refractivity contribution >= 4 is 33.3 Å². The molecular formula is C17H16N2O2S. The molecule has 0 spiro atoms. The van der Waals surface area contributed by atoms with Gasteiger partial charge in [-0.25, -0.2) is 0 Å². The van der Waals surface area contributed by atoms with Crippen molar-refractivity contribution < 1.29 is 9.00 Å². The second-order valence-electron chi connectivity index (χ2n) is 5.03. The number of fused-ring (bicyclic) bond motifs is 1. The number of nitrogens with zero attached hydrogens (tertiary/aromatic N) is 1. The normalized spacial score (nSPS) is 12.2. The van der Waals surface area contributed by atoms with Crippen LogP contribution in [-0.4, -0.2) is 20.9 Å². The maximum absolute atomic E-state index is 12.2. The Hall–Kier alpha value is -2.40. The van der Waals surface area contributed by atoms with Gasteiger partial charge < -0.3 is 9.88 Å². The van der Waals surface area contributed by atoms with Crippen LogP contribution in [0.5, 0.6) is 0 Å². The second-order valence-corrected chi connectivity index (χ2v) is 6.41. The predicted molar refractivity (Wildman–Crippen MR) is 89.3 cm³/mol. The van der Waals surface area contributed by atoms with Gasteiger partial charge in [-0.3, -0.25) is 9.00 Å². The van der Waals surface area contributed by atoms with Crippen molar-refractivity contribution in [3.8, 4) is 0 Å². The Labute approximate surface area is 131 Å². The van der Waals surface area contributed by atoms with E-state index in [1.165, 1.54) is 0 Å². The van der Waals surface area contributed by atoms with Crippen LogP contribution in [0.3, 0.4) is 0 Å². The summed E-state index contributed by atoms with van der Waals surface area (Å²) in [5.74, 6) is -0.0910. The van der Waals surface area contributed by atoms with Crippen LogP contribution in [0.25, 0.3) is 10.9 Å². The van der Waals surface area contributed by atoms with E-state index in [0.717, 1.165) is 15.8 Å². The lowest BCUT2D eigenvalue weighted by Gasteiger charge is -2.08. The van der Waals surface area contributed by atoms with Gasteiger partial charge >= 0.3 is 0 Å². The van der Waals surface area contributed by atoms with Gasteiger partial charge in [0, 0.05) is 39.4 Å². The zero-order valence-electron chi connectivity index (χ0n) is 12.2. The molecule has 0 saturated carbocycles. The number of hydrogen-bond acceptors (Lipinski definition) is 2. The van der Waals surface area contributed by atoms with Crippen molar-refractivity contribution in [2.24, 2.45) is 0 Å². The van der Waals surface area contributed by atoms with Crippen molar-refractivity contribution in [1.82, 2.24) is 4.57 Å². The molecule has 0 radical (unpaired) electrons. The highest BCUT2D eigenvalue weighted by Crippen LogP contribution is 2.16. The van der Waals surface area contributed by atoms with Crippen molar-refractivity contribution in [2.75, 3.05) is 11.6 Å². The Morgan fingerprint density at radius 2 is 1.82 bits per heavy atom. The van der Waals surface area contributed by atoms with E-state index in [9.17, 15) is 9.00 Å². The van der Waals surface area contributed by atoms with Crippen LogP contribution >= 0.6 is 0 Å². The van der Waals surface area contributed by atoms with Gasteiger partial charge in [-0.05, 0) is 41.8 Å². The Morgan fingerprint density at radius 1 is 1.09 bits per heavy atom. The minimum absolute atomic E-state index is 0.0910. The van der Waals surface area contributed by atoms with Gasteiger partial charge in [0.1, 0.15) is 6.54 Å². The van der Waals surface area contributed by atoms with E-state index in [0.29, 0.717) is 5.69 Å². The third kappa shape index (κ3) is 3.09. The van der Waals surface area contributed by atoms with Gasteiger partial charge in [0.15, 0.2) is 0 Å². The largest absolute Gasteiger partial charge is 0.338 e. The molecule has 1 heterocycles. The molecule has 1 atom stereocenters. The summed E-state index contributed by atoms with van der Waals surface area (Å²) in [7, 11) is -1.01. The zero-order valence-corrected chi connectivity index (χ0v) is 13.0. The first-order chi connectivity index (χ1) is 10.6. The monoisotopic (exact) mass is 312 g/mol. The highest BCUT2D eigenvalue weighted by molar-refractivity contribution is 7.84. The Kier molecular flexibility index (Phi) is 4.06. The summed E-state index contributed by atoms with van der Waals surface area (Å²) < 4.78 is 13.3. The summed E-state index contributed by atoms with van der Waals surface area (Å²) in [6.45, 7) is 0.259. The van der Waals surface area contributed by atoms with E-state index in [2.05, 4.69) is 5.32 Å². The Morgan fingerprint density at radius 3 is 2.55 bits per heavy atom. The molecule has 0 aliphatic carbocycles. The molecule has 4 nitrogen and oxygen atoms in total. The number of nitrogens with one attached hydrogen (secondary N) is 1. The fourth-order valence-corrected chi connectivity index (χ4v) is 2.88. The molecule has 22 heavy (non-hydrogen) atoms. The molecule has 5 heteroatoms. The van der Waals surface area contributed by atoms with Crippen molar-refractivity contribution in [3.05, 3.63) is 60.8 Å². The molecule has 0 aliphatic rings. The Balaban J connectivity index is 1.71. The molecular weight excluding hydrogens is 296 g/mol. The summed E-state index contributed by atoms with van der Waals surface area (Å²) in [6.07, 6.45) is 3.54. The Bertz CT molecular complexity index is 837. The molecule has 1 N–H and O–H groups in total. The van der Waals surface area contributed by atoms with Gasteiger partial charge in [0.05, 0.1) is 0 Å². The molecule has 1 amide bonds. The second kappa shape index (κ2) is 6.15. The summed E-state index contributed by atoms with van der Waals surface area (Å²) in [6, 6.07) is 17.0. The van der Waals surface area contributed by atoms with E-state index in [1.807, 2.05) is 41.1 Å². The van der Waals surface area contributed by atoms with Crippen molar-refractivity contribution in [1.29, 1.82) is 0 Å². The van der Waals surface area contributed by atoms with E-state index >= 15 is 0 Å². The summed E-state index contributed by atoms with van der Waals surface area (Å²) in [5.41, 5.74) is 1.74. The fourth-order valence-electron chi connectivity index (χ4n) is 2.36. The summed E-state index contributed by atoms with van der Waals surface area (Å²) in [4.78, 5) is 12.9. The highest BCUT2D eigenvalue weighted by Gasteiger charge is 2.07. The maximum Gasteiger partial charge on any atom is 0.244 e. The smallest absolute Gasteiger partial charge is 0.244 e. The lowest BCUT2D eigenvalue weighted by molar-refractivity contribution is -0.116. The topological polar surface area (TPSA) is 51.1 Å². The van der Waals surface area contributed by atoms with E-state index in [1.54, 1.807) is 30.5 Å². The molecule has 3 rings (SSSR count). The first-order valence-corrected chi connectivity index (χ1v) is 8.46. The highest BCUT2D eigenvalue weighted by atomic mass is 32.2. The zero-order chi connectivity index (χ0) is 15.5. The predicted octanol–water partition coefficient (Wildman–Crippen LogP) is 3.02. The van der Waals surface area contributed by atoms with Crippen LogP contribution in [0.4, 0.5) is 5.69 Å². The average molecular weight is 312 g/mol. The van der Waals surface area contributed by atoms with Gasteiger partial charge in [-0.1, -0.05) is 18.2 Å². The third-order valence-electron chi connectivity index (χ3n) is 3.46. The molecule has 0 saturated heterocycles. The van der Waals surface area contributed by atoms with Crippen LogP contribution < -0.4 is 5.32 Å². The van der Waals surface area contributed by atoms with Gasteiger partial charge in [-0.2, -0.15) is 0 Å². The molecule has 112 valence electrons. The van der Waals surface area contributed by atoms with Gasteiger partial charge in [-0.15, -0.1) is 0 Å². The minimum Gasteiger partial charge on any atom is -0.338 e. The number of carbonyl (C=O) groups excluding carboxylic acids is 1. The lowest BCUT2D eigenvalue weighted by atomic mass is 10.2. The number of rotatable bonds is 4. The molecule has 0 fully saturated rings. The van der Waals surface area contributed by atoms with Crippen LogP contribution in [0.15, 0.2) is 65.7 Å². The van der Waals surface area contributed by atoms with Crippen molar-refractivity contribution in [2.45, 2.75) is 11.4 Å². The third-order valence-corrected chi connectivity index (χ3v) is 4.40.